The zero-order chi connectivity index (χ0) is 20.8. The van der Waals surface area contributed by atoms with Crippen LogP contribution in [0.25, 0.3) is 22.1 Å². The third-order valence-corrected chi connectivity index (χ3v) is 6.15. The molecule has 1 atom stereocenters. The van der Waals surface area contributed by atoms with Gasteiger partial charge in [-0.2, -0.15) is 0 Å². The number of thioether (sulfide) groups is 1. The average molecular weight is 425 g/mol. The lowest BCUT2D eigenvalue weighted by atomic mass is 9.96. The van der Waals surface area contributed by atoms with Gasteiger partial charge in [0.1, 0.15) is 17.2 Å². The lowest BCUT2D eigenvalue weighted by molar-refractivity contribution is -0.116. The first-order valence-corrected chi connectivity index (χ1v) is 10.5. The SMILES string of the molecule is C[C@@H]1CCc2cc(F)ccc2N1C(=O)CSc1nnc2c(n1)[nH]c1ccc(F)cc12. The maximum Gasteiger partial charge on any atom is 0.237 e. The van der Waals surface area contributed by atoms with E-state index in [9.17, 15) is 13.6 Å². The van der Waals surface area contributed by atoms with Gasteiger partial charge in [-0.05, 0) is 61.7 Å². The van der Waals surface area contributed by atoms with Crippen LogP contribution in [0, 0.1) is 11.6 Å². The van der Waals surface area contributed by atoms with Gasteiger partial charge in [0.05, 0.1) is 5.75 Å². The lowest BCUT2D eigenvalue weighted by Crippen LogP contribution is -2.43. The van der Waals surface area contributed by atoms with Crippen molar-refractivity contribution in [2.24, 2.45) is 0 Å². The minimum atomic E-state index is -0.356. The van der Waals surface area contributed by atoms with Crippen LogP contribution in [0.3, 0.4) is 0 Å². The number of aromatic nitrogens is 4. The molecule has 0 spiro atoms. The van der Waals surface area contributed by atoms with E-state index in [1.807, 2.05) is 6.92 Å². The Morgan fingerprint density at radius 2 is 2.00 bits per heavy atom. The summed E-state index contributed by atoms with van der Waals surface area (Å²) < 4.78 is 27.1. The molecule has 1 amide bonds. The molecule has 2 aromatic carbocycles. The predicted octanol–water partition coefficient (Wildman–Crippen LogP) is 4.24. The Morgan fingerprint density at radius 3 is 2.87 bits per heavy atom. The zero-order valence-corrected chi connectivity index (χ0v) is 16.8. The van der Waals surface area contributed by atoms with Crippen molar-refractivity contribution in [3.05, 3.63) is 53.6 Å². The number of nitrogens with zero attached hydrogens (tertiary/aromatic N) is 4. The highest BCUT2D eigenvalue weighted by Crippen LogP contribution is 2.32. The molecule has 1 N–H and O–H groups in total. The molecule has 1 aliphatic heterocycles. The molecule has 5 rings (SSSR count). The average Bonchev–Trinajstić information content (AvgIpc) is 3.09. The van der Waals surface area contributed by atoms with Crippen LogP contribution in [-0.4, -0.2) is 37.9 Å². The third-order valence-electron chi connectivity index (χ3n) is 5.32. The number of nitrogens with one attached hydrogen (secondary N) is 1. The number of aromatic amines is 1. The summed E-state index contributed by atoms with van der Waals surface area (Å²) in [5.74, 6) is -0.618. The van der Waals surface area contributed by atoms with Gasteiger partial charge in [-0.25, -0.2) is 13.8 Å². The first kappa shape index (κ1) is 18.9. The fraction of sp³-hybridized carbons (Fsp3) is 0.238. The van der Waals surface area contributed by atoms with Gasteiger partial charge in [0, 0.05) is 22.6 Å². The monoisotopic (exact) mass is 425 g/mol. The first-order chi connectivity index (χ1) is 14.5. The molecular weight excluding hydrogens is 408 g/mol. The summed E-state index contributed by atoms with van der Waals surface area (Å²) in [6, 6.07) is 8.94. The Hall–Kier alpha value is -3.07. The van der Waals surface area contributed by atoms with Crippen molar-refractivity contribution < 1.29 is 13.6 Å². The van der Waals surface area contributed by atoms with Gasteiger partial charge < -0.3 is 9.88 Å². The van der Waals surface area contributed by atoms with Gasteiger partial charge >= 0.3 is 0 Å². The molecule has 0 unspecified atom stereocenters. The van der Waals surface area contributed by atoms with Gasteiger partial charge in [0.15, 0.2) is 5.65 Å². The van der Waals surface area contributed by atoms with Crippen LogP contribution in [0.5, 0.6) is 0 Å². The Labute approximate surface area is 174 Å². The second kappa shape index (κ2) is 7.32. The molecule has 3 heterocycles. The number of anilines is 1. The number of H-pyrrole nitrogens is 1. The topological polar surface area (TPSA) is 74.8 Å². The van der Waals surface area contributed by atoms with Crippen LogP contribution in [0.2, 0.25) is 0 Å². The molecule has 0 saturated heterocycles. The Balaban J connectivity index is 1.37. The van der Waals surface area contributed by atoms with Gasteiger partial charge in [0.2, 0.25) is 11.1 Å². The largest absolute Gasteiger partial charge is 0.338 e. The van der Waals surface area contributed by atoms with Crippen molar-refractivity contribution in [3.8, 4) is 0 Å². The number of carbonyl (C=O) groups excluding carboxylic acids is 1. The quantitative estimate of drug-likeness (QED) is 0.497. The maximum absolute atomic E-state index is 13.6. The van der Waals surface area contributed by atoms with Gasteiger partial charge in [-0.1, -0.05) is 11.8 Å². The van der Waals surface area contributed by atoms with Crippen molar-refractivity contribution >= 4 is 45.4 Å². The molecule has 30 heavy (non-hydrogen) atoms. The van der Waals surface area contributed by atoms with E-state index in [0.717, 1.165) is 29.6 Å². The molecule has 1 aliphatic rings. The second-order valence-electron chi connectivity index (χ2n) is 7.32. The molecule has 6 nitrogen and oxygen atoms in total. The minimum absolute atomic E-state index is 0.0289. The van der Waals surface area contributed by atoms with Crippen LogP contribution in [0.15, 0.2) is 41.6 Å². The van der Waals surface area contributed by atoms with E-state index >= 15 is 0 Å². The summed E-state index contributed by atoms with van der Waals surface area (Å²) >= 11 is 1.19. The summed E-state index contributed by atoms with van der Waals surface area (Å²) in [6.07, 6.45) is 1.53. The number of halogens is 2. The van der Waals surface area contributed by atoms with Gasteiger partial charge in [0.25, 0.3) is 0 Å². The normalized spacial score (nSPS) is 16.2. The Bertz CT molecular complexity index is 1290. The van der Waals surface area contributed by atoms with Crippen molar-refractivity contribution in [2.75, 3.05) is 10.7 Å². The van der Waals surface area contributed by atoms with Crippen molar-refractivity contribution in [3.63, 3.8) is 0 Å². The predicted molar refractivity (Wildman–Crippen MR) is 112 cm³/mol. The minimum Gasteiger partial charge on any atom is -0.338 e. The zero-order valence-electron chi connectivity index (χ0n) is 16.0. The van der Waals surface area contributed by atoms with Crippen LogP contribution in [0.4, 0.5) is 14.5 Å². The van der Waals surface area contributed by atoms with E-state index in [0.29, 0.717) is 21.7 Å². The van der Waals surface area contributed by atoms with Crippen LogP contribution in [0.1, 0.15) is 18.9 Å². The molecule has 2 aromatic heterocycles. The fourth-order valence-electron chi connectivity index (χ4n) is 3.89. The fourth-order valence-corrected chi connectivity index (χ4v) is 4.53. The number of fused-ring (bicyclic) bond motifs is 4. The first-order valence-electron chi connectivity index (χ1n) is 9.54. The summed E-state index contributed by atoms with van der Waals surface area (Å²) in [4.78, 5) is 22.2. The molecule has 0 aliphatic carbocycles. The van der Waals surface area contributed by atoms with Crippen LogP contribution >= 0.6 is 11.8 Å². The highest BCUT2D eigenvalue weighted by molar-refractivity contribution is 7.99. The smallest absolute Gasteiger partial charge is 0.237 e. The molecule has 0 bridgehead atoms. The summed E-state index contributed by atoms with van der Waals surface area (Å²) in [7, 11) is 0. The number of hydrogen-bond acceptors (Lipinski definition) is 5. The number of carbonyl (C=O) groups is 1. The Morgan fingerprint density at radius 1 is 1.20 bits per heavy atom. The number of aryl methyl sites for hydroxylation is 1. The lowest BCUT2D eigenvalue weighted by Gasteiger charge is -2.35. The van der Waals surface area contributed by atoms with Crippen molar-refractivity contribution in [1.82, 2.24) is 20.2 Å². The van der Waals surface area contributed by atoms with Crippen LogP contribution < -0.4 is 4.90 Å². The summed E-state index contributed by atoms with van der Waals surface area (Å²) in [5.41, 5.74) is 3.30. The van der Waals surface area contributed by atoms with E-state index in [4.69, 9.17) is 0 Å². The summed E-state index contributed by atoms with van der Waals surface area (Å²) in [5, 5.41) is 9.22. The number of amides is 1. The molecule has 0 radical (unpaired) electrons. The molecule has 9 heteroatoms. The maximum atomic E-state index is 13.6. The van der Waals surface area contributed by atoms with Crippen molar-refractivity contribution in [1.29, 1.82) is 0 Å². The standard InChI is InChI=1S/C21H17F2N5OS/c1-11-2-3-12-8-13(22)5-7-17(12)28(11)18(29)10-30-21-25-20-19(26-27-21)15-9-14(23)4-6-16(15)24-20/h4-9,11H,2-3,10H2,1H3,(H,24,25,27)/t11-/m1/s1. The number of rotatable bonds is 3. The molecule has 4 aromatic rings. The van der Waals surface area contributed by atoms with Crippen molar-refractivity contribution in [2.45, 2.75) is 31.0 Å². The molecular formula is C21H17F2N5OS. The van der Waals surface area contributed by atoms with E-state index in [1.54, 1.807) is 17.0 Å². The van der Waals surface area contributed by atoms with E-state index in [1.165, 1.54) is 36.0 Å². The highest BCUT2D eigenvalue weighted by atomic mass is 32.2. The van der Waals surface area contributed by atoms with E-state index < -0.39 is 0 Å². The third kappa shape index (κ3) is 3.28. The number of benzene rings is 2. The molecule has 152 valence electrons. The van der Waals surface area contributed by atoms with E-state index in [2.05, 4.69) is 20.2 Å². The van der Waals surface area contributed by atoms with Gasteiger partial charge in [-0.3, -0.25) is 4.79 Å². The second-order valence-corrected chi connectivity index (χ2v) is 8.26. The highest BCUT2D eigenvalue weighted by Gasteiger charge is 2.28. The molecule has 0 saturated carbocycles. The molecule has 0 fully saturated rings. The van der Waals surface area contributed by atoms with E-state index in [-0.39, 0.29) is 29.3 Å². The summed E-state index contributed by atoms with van der Waals surface area (Å²) in [6.45, 7) is 1.99. The van der Waals surface area contributed by atoms with Gasteiger partial charge in [-0.15, -0.1) is 10.2 Å². The Kier molecular flexibility index (Phi) is 4.62. The number of hydrogen-bond donors (Lipinski definition) is 1. The van der Waals surface area contributed by atoms with Crippen LogP contribution in [-0.2, 0) is 11.2 Å².